The van der Waals surface area contributed by atoms with E-state index in [2.05, 4.69) is 4.37 Å². The number of aromatic nitrogens is 1. The van der Waals surface area contributed by atoms with Crippen molar-refractivity contribution >= 4 is 23.1 Å². The highest BCUT2D eigenvalue weighted by Crippen LogP contribution is 2.32. The summed E-state index contributed by atoms with van der Waals surface area (Å²) in [6.07, 6.45) is 0. The van der Waals surface area contributed by atoms with E-state index < -0.39 is 0 Å². The van der Waals surface area contributed by atoms with Crippen molar-refractivity contribution in [1.29, 1.82) is 0 Å². The fraction of sp³-hybridized carbons (Fsp3) is 0.182. The smallest absolute Gasteiger partial charge is 0.128 e. The minimum Gasteiger partial charge on any atom is -0.496 e. The molecule has 0 amide bonds. The van der Waals surface area contributed by atoms with Crippen molar-refractivity contribution in [3.05, 3.63) is 34.2 Å². The summed E-state index contributed by atoms with van der Waals surface area (Å²) in [6, 6.07) is 7.42. The highest BCUT2D eigenvalue weighted by molar-refractivity contribution is 7.06. The molecule has 0 atom stereocenters. The number of benzene rings is 1. The molecule has 0 radical (unpaired) electrons. The number of nitrogens with two attached hydrogens (primary N) is 1. The number of ether oxygens (including phenoxy) is 1. The van der Waals surface area contributed by atoms with Gasteiger partial charge in [0.05, 0.1) is 12.8 Å². The molecule has 0 aliphatic carbocycles. The minimum absolute atomic E-state index is 0.501. The zero-order valence-electron chi connectivity index (χ0n) is 8.74. The van der Waals surface area contributed by atoms with Gasteiger partial charge in [-0.25, -0.2) is 0 Å². The molecule has 3 nitrogen and oxygen atoms in total. The molecule has 1 aromatic heterocycles. The zero-order valence-corrected chi connectivity index (χ0v) is 10.3. The second kappa shape index (κ2) is 4.82. The Morgan fingerprint density at radius 3 is 2.88 bits per heavy atom. The van der Waals surface area contributed by atoms with Crippen LogP contribution in [0, 0.1) is 0 Å². The van der Waals surface area contributed by atoms with Crippen molar-refractivity contribution in [2.45, 2.75) is 6.54 Å². The average Bonchev–Trinajstić information content (AvgIpc) is 2.77. The number of rotatable bonds is 3. The number of methoxy groups -OCH3 is 1. The Morgan fingerprint density at radius 2 is 2.25 bits per heavy atom. The molecule has 2 rings (SSSR count). The van der Waals surface area contributed by atoms with Gasteiger partial charge in [0.15, 0.2) is 0 Å². The summed E-state index contributed by atoms with van der Waals surface area (Å²) in [5, 5.41) is 0.665. The maximum absolute atomic E-state index is 5.96. The maximum atomic E-state index is 5.96. The second-order valence-corrected chi connectivity index (χ2v) is 4.55. The first-order valence-corrected chi connectivity index (χ1v) is 5.89. The van der Waals surface area contributed by atoms with Crippen LogP contribution in [0.1, 0.15) is 4.88 Å². The van der Waals surface area contributed by atoms with E-state index in [1.54, 1.807) is 13.2 Å². The van der Waals surface area contributed by atoms with Gasteiger partial charge in [0.1, 0.15) is 5.75 Å². The molecule has 0 saturated heterocycles. The van der Waals surface area contributed by atoms with Gasteiger partial charge in [-0.3, -0.25) is 0 Å². The molecular formula is C11H11ClN2OS. The molecule has 2 N–H and O–H groups in total. The van der Waals surface area contributed by atoms with Crippen LogP contribution in [0.4, 0.5) is 0 Å². The fourth-order valence-electron chi connectivity index (χ4n) is 1.42. The topological polar surface area (TPSA) is 48.1 Å². The van der Waals surface area contributed by atoms with E-state index in [0.717, 1.165) is 21.9 Å². The summed E-state index contributed by atoms with van der Waals surface area (Å²) in [7, 11) is 1.63. The lowest BCUT2D eigenvalue weighted by Crippen LogP contribution is -1.91. The molecular weight excluding hydrogens is 244 g/mol. The molecule has 16 heavy (non-hydrogen) atoms. The lowest BCUT2D eigenvalue weighted by molar-refractivity contribution is 0.416. The summed E-state index contributed by atoms with van der Waals surface area (Å²) in [5.74, 6) is 0.762. The molecule has 0 spiro atoms. The highest BCUT2D eigenvalue weighted by Gasteiger charge is 2.10. The third-order valence-corrected chi connectivity index (χ3v) is 3.24. The van der Waals surface area contributed by atoms with E-state index in [-0.39, 0.29) is 0 Å². The molecule has 5 heteroatoms. The molecule has 0 aliphatic heterocycles. The maximum Gasteiger partial charge on any atom is 0.128 e. The predicted molar refractivity (Wildman–Crippen MR) is 67.0 cm³/mol. The van der Waals surface area contributed by atoms with Crippen LogP contribution in [0.5, 0.6) is 5.75 Å². The monoisotopic (exact) mass is 254 g/mol. The van der Waals surface area contributed by atoms with Crippen molar-refractivity contribution in [1.82, 2.24) is 4.37 Å². The first kappa shape index (κ1) is 11.4. The number of hydrogen-bond donors (Lipinski definition) is 1. The van der Waals surface area contributed by atoms with Gasteiger partial charge in [-0.1, -0.05) is 11.6 Å². The average molecular weight is 255 g/mol. The molecule has 0 fully saturated rings. The lowest BCUT2D eigenvalue weighted by Gasteiger charge is -2.05. The SMILES string of the molecule is COc1ccc(Cl)cc1-c1cc(CN)sn1. The summed E-state index contributed by atoms with van der Waals surface area (Å²) < 4.78 is 9.60. The Kier molecular flexibility index (Phi) is 3.43. The van der Waals surface area contributed by atoms with E-state index in [1.807, 2.05) is 18.2 Å². The lowest BCUT2D eigenvalue weighted by atomic mass is 10.1. The summed E-state index contributed by atoms with van der Waals surface area (Å²) in [5.41, 5.74) is 7.30. The predicted octanol–water partition coefficient (Wildman–Crippen LogP) is 2.93. The van der Waals surface area contributed by atoms with Crippen LogP contribution in [0.3, 0.4) is 0 Å². The standard InChI is InChI=1S/C11H11ClN2OS/c1-15-11-3-2-7(12)4-9(11)10-5-8(6-13)16-14-10/h2-5H,6,13H2,1H3. The molecule has 0 aliphatic rings. The van der Waals surface area contributed by atoms with Gasteiger partial charge in [-0.05, 0) is 35.8 Å². The van der Waals surface area contributed by atoms with Crippen molar-refractivity contribution in [3.63, 3.8) is 0 Å². The molecule has 2 aromatic rings. The van der Waals surface area contributed by atoms with Gasteiger partial charge in [-0.15, -0.1) is 0 Å². The number of halogens is 1. The summed E-state index contributed by atoms with van der Waals surface area (Å²) in [4.78, 5) is 1.04. The van der Waals surface area contributed by atoms with Crippen LogP contribution in [-0.4, -0.2) is 11.5 Å². The molecule has 84 valence electrons. The summed E-state index contributed by atoms with van der Waals surface area (Å²) >= 11 is 7.36. The van der Waals surface area contributed by atoms with Crippen molar-refractivity contribution < 1.29 is 4.74 Å². The molecule has 0 unspecified atom stereocenters. The third kappa shape index (κ3) is 2.19. The van der Waals surface area contributed by atoms with Crippen LogP contribution in [0.15, 0.2) is 24.3 Å². The first-order valence-electron chi connectivity index (χ1n) is 4.74. The van der Waals surface area contributed by atoms with E-state index in [9.17, 15) is 0 Å². The van der Waals surface area contributed by atoms with Crippen molar-refractivity contribution in [3.8, 4) is 17.0 Å². The van der Waals surface area contributed by atoms with Crippen LogP contribution in [-0.2, 0) is 6.54 Å². The zero-order chi connectivity index (χ0) is 11.5. The Morgan fingerprint density at radius 1 is 1.44 bits per heavy atom. The molecule has 1 aromatic carbocycles. The van der Waals surface area contributed by atoms with Crippen LogP contribution in [0.25, 0.3) is 11.3 Å². The Hall–Kier alpha value is -1.10. The van der Waals surface area contributed by atoms with Crippen molar-refractivity contribution in [2.75, 3.05) is 7.11 Å². The Labute approximate surface area is 103 Å². The Bertz CT molecular complexity index is 498. The van der Waals surface area contributed by atoms with E-state index in [0.29, 0.717) is 11.6 Å². The normalized spacial score (nSPS) is 10.4. The number of nitrogens with zero attached hydrogens (tertiary/aromatic N) is 1. The first-order chi connectivity index (χ1) is 7.74. The second-order valence-electron chi connectivity index (χ2n) is 3.23. The van der Waals surface area contributed by atoms with Crippen LogP contribution in [0.2, 0.25) is 5.02 Å². The van der Waals surface area contributed by atoms with Gasteiger partial charge in [0, 0.05) is 22.0 Å². The summed E-state index contributed by atoms with van der Waals surface area (Å²) in [6.45, 7) is 0.501. The quantitative estimate of drug-likeness (QED) is 0.916. The van der Waals surface area contributed by atoms with Gasteiger partial charge in [0.2, 0.25) is 0 Å². The van der Waals surface area contributed by atoms with Gasteiger partial charge in [-0.2, -0.15) is 4.37 Å². The van der Waals surface area contributed by atoms with Gasteiger partial charge < -0.3 is 10.5 Å². The number of hydrogen-bond acceptors (Lipinski definition) is 4. The largest absolute Gasteiger partial charge is 0.496 e. The highest BCUT2D eigenvalue weighted by atomic mass is 35.5. The van der Waals surface area contributed by atoms with Crippen molar-refractivity contribution in [2.24, 2.45) is 5.73 Å². The van der Waals surface area contributed by atoms with E-state index >= 15 is 0 Å². The fourth-order valence-corrected chi connectivity index (χ4v) is 2.19. The molecule has 0 bridgehead atoms. The molecule has 1 heterocycles. The van der Waals surface area contributed by atoms with Crippen LogP contribution >= 0.6 is 23.1 Å². The third-order valence-electron chi connectivity index (χ3n) is 2.20. The van der Waals surface area contributed by atoms with Gasteiger partial charge in [0.25, 0.3) is 0 Å². The van der Waals surface area contributed by atoms with Gasteiger partial charge >= 0.3 is 0 Å². The molecule has 0 saturated carbocycles. The van der Waals surface area contributed by atoms with E-state index in [1.165, 1.54) is 11.5 Å². The van der Waals surface area contributed by atoms with Crippen LogP contribution < -0.4 is 10.5 Å². The minimum atomic E-state index is 0.501. The van der Waals surface area contributed by atoms with E-state index in [4.69, 9.17) is 22.1 Å². The Balaban J connectivity index is 2.49.